The number of hydrogen-bond acceptors (Lipinski definition) is 15. The van der Waals surface area contributed by atoms with Crippen LogP contribution in [-0.4, -0.2) is 103 Å². The second kappa shape index (κ2) is 13.3. The average molecular weight is 600 g/mol. The Labute approximate surface area is 220 Å². The molecule has 2 aliphatic heterocycles. The lowest BCUT2D eigenvalue weighted by Gasteiger charge is -2.13. The maximum absolute atomic E-state index is 11.8. The highest BCUT2D eigenvalue weighted by molar-refractivity contribution is 7.87. The van der Waals surface area contributed by atoms with Gasteiger partial charge in [-0.25, -0.2) is 13.8 Å². The summed E-state index contributed by atoms with van der Waals surface area (Å²) in [5.41, 5.74) is 0. The number of hydrogen-bond donors (Lipinski definition) is 2. The molecule has 3 atom stereocenters. The van der Waals surface area contributed by atoms with Crippen molar-refractivity contribution in [3.63, 3.8) is 0 Å². The summed E-state index contributed by atoms with van der Waals surface area (Å²) in [7, 11) is -4.90. The highest BCUT2D eigenvalue weighted by atomic mass is 32.2. The molecule has 19 nitrogen and oxygen atoms in total. The van der Waals surface area contributed by atoms with Gasteiger partial charge in [-0.2, -0.15) is 8.42 Å². The van der Waals surface area contributed by atoms with Crippen LogP contribution in [0.3, 0.4) is 0 Å². The molecule has 39 heavy (non-hydrogen) atoms. The molecule has 0 aliphatic carbocycles. The Balaban J connectivity index is 1.60. The van der Waals surface area contributed by atoms with E-state index in [1.165, 1.54) is 0 Å². The molecule has 0 saturated carbocycles. The Morgan fingerprint density at radius 1 is 0.769 bits per heavy atom. The standard InChI is InChI=1S/C18H20N2O17S2/c21-11-7-9(38(29)30)17(27)19(11)36-15(25)3-1-13(23)34-5-6-35-14(24)2-4-16(26)37-20-12(22)8-10(18(20)28)39(31,32)33/h9-10H,1-8H2,(H,29,30)(H,31,32,33). The summed E-state index contributed by atoms with van der Waals surface area (Å²) >= 11 is -2.65. The molecule has 2 fully saturated rings. The van der Waals surface area contributed by atoms with Gasteiger partial charge >= 0.3 is 23.9 Å². The van der Waals surface area contributed by atoms with E-state index in [4.69, 9.17) is 13.8 Å². The molecule has 0 aromatic rings. The molecule has 4 amide bonds. The predicted octanol–water partition coefficient (Wildman–Crippen LogP) is -3.09. The minimum atomic E-state index is -4.90. The van der Waals surface area contributed by atoms with Gasteiger partial charge in [0, 0.05) is 0 Å². The Kier molecular flexibility index (Phi) is 10.7. The van der Waals surface area contributed by atoms with Gasteiger partial charge in [0.2, 0.25) is 0 Å². The molecule has 0 spiro atoms. The van der Waals surface area contributed by atoms with Crippen molar-refractivity contribution in [1.82, 2.24) is 10.1 Å². The van der Waals surface area contributed by atoms with Gasteiger partial charge in [-0.1, -0.05) is 0 Å². The maximum Gasteiger partial charge on any atom is 0.333 e. The van der Waals surface area contributed by atoms with Gasteiger partial charge in [-0.3, -0.25) is 33.3 Å². The van der Waals surface area contributed by atoms with Gasteiger partial charge in [0.05, 0.1) is 38.5 Å². The number of nitrogens with zero attached hydrogens (tertiary/aromatic N) is 2. The fourth-order valence-corrected chi connectivity index (χ4v) is 4.16. The fraction of sp³-hybridized carbons (Fsp3) is 0.556. The molecule has 0 aromatic carbocycles. The minimum absolute atomic E-state index is 0.0405. The zero-order valence-corrected chi connectivity index (χ0v) is 21.2. The lowest BCUT2D eigenvalue weighted by molar-refractivity contribution is -0.197. The number of ether oxygens (including phenoxy) is 2. The van der Waals surface area contributed by atoms with Crippen LogP contribution in [0.4, 0.5) is 0 Å². The molecule has 2 aliphatic rings. The van der Waals surface area contributed by atoms with Crippen molar-refractivity contribution < 1.29 is 79.2 Å². The summed E-state index contributed by atoms with van der Waals surface area (Å²) < 4.78 is 60.3. The Morgan fingerprint density at radius 3 is 1.56 bits per heavy atom. The second-order valence-corrected chi connectivity index (χ2v) is 10.3. The first-order chi connectivity index (χ1) is 18.1. The van der Waals surface area contributed by atoms with Crippen LogP contribution in [0.15, 0.2) is 0 Å². The van der Waals surface area contributed by atoms with Crippen LogP contribution in [0.5, 0.6) is 0 Å². The van der Waals surface area contributed by atoms with Gasteiger partial charge in [0.25, 0.3) is 33.7 Å². The molecule has 0 radical (unpaired) electrons. The molecule has 2 N–H and O–H groups in total. The van der Waals surface area contributed by atoms with E-state index in [2.05, 4.69) is 14.4 Å². The lowest BCUT2D eigenvalue weighted by Crippen LogP contribution is -2.36. The zero-order valence-electron chi connectivity index (χ0n) is 19.5. The summed E-state index contributed by atoms with van der Waals surface area (Å²) in [6, 6.07) is 0. The van der Waals surface area contributed by atoms with E-state index in [0.717, 1.165) is 0 Å². The summed E-state index contributed by atoms with van der Waals surface area (Å²) in [5.74, 6) is -9.24. The Bertz CT molecular complexity index is 1210. The highest BCUT2D eigenvalue weighted by Crippen LogP contribution is 2.20. The first-order valence-corrected chi connectivity index (χ1v) is 13.3. The van der Waals surface area contributed by atoms with Crippen LogP contribution in [0.25, 0.3) is 0 Å². The van der Waals surface area contributed by atoms with Crippen molar-refractivity contribution in [3.05, 3.63) is 0 Å². The second-order valence-electron chi connectivity index (χ2n) is 7.60. The van der Waals surface area contributed by atoms with E-state index in [0.29, 0.717) is 0 Å². The SMILES string of the molecule is O=C(CCC(=O)ON1C(=O)CC(S(=O)O)C1=O)OCCOC(=O)CCC(=O)ON1C(=O)CC(S(=O)(=O)O)C1=O. The minimum Gasteiger partial charge on any atom is -0.462 e. The number of carbonyl (C=O) groups excluding carboxylic acids is 8. The fourth-order valence-electron chi connectivity index (χ4n) is 2.91. The largest absolute Gasteiger partial charge is 0.462 e. The number of amides is 4. The maximum atomic E-state index is 11.8. The van der Waals surface area contributed by atoms with E-state index in [-0.39, 0.29) is 10.1 Å². The molecule has 3 unspecified atom stereocenters. The summed E-state index contributed by atoms with van der Waals surface area (Å²) in [6.07, 6.45) is -4.04. The van der Waals surface area contributed by atoms with Gasteiger partial charge in [-0.15, -0.1) is 10.1 Å². The first-order valence-electron chi connectivity index (χ1n) is 10.6. The molecule has 2 saturated heterocycles. The molecular formula is C18H20N2O17S2. The number of hydroxylamine groups is 4. The Hall–Kier alpha value is -3.82. The predicted molar refractivity (Wildman–Crippen MR) is 115 cm³/mol. The van der Waals surface area contributed by atoms with Crippen molar-refractivity contribution in [2.75, 3.05) is 13.2 Å². The van der Waals surface area contributed by atoms with Gasteiger partial charge in [0.1, 0.15) is 13.2 Å². The molecule has 2 rings (SSSR count). The third kappa shape index (κ3) is 8.87. The third-order valence-electron chi connectivity index (χ3n) is 4.79. The summed E-state index contributed by atoms with van der Waals surface area (Å²) in [4.78, 5) is 102. The van der Waals surface area contributed by atoms with E-state index in [1.54, 1.807) is 0 Å². The van der Waals surface area contributed by atoms with Crippen LogP contribution >= 0.6 is 0 Å². The molecule has 216 valence electrons. The first kappa shape index (κ1) is 31.4. The van der Waals surface area contributed by atoms with Gasteiger partial charge < -0.3 is 23.7 Å². The zero-order chi connectivity index (χ0) is 29.5. The van der Waals surface area contributed by atoms with Crippen LogP contribution < -0.4 is 0 Å². The van der Waals surface area contributed by atoms with E-state index >= 15 is 0 Å². The van der Waals surface area contributed by atoms with Gasteiger partial charge in [-0.05, 0) is 0 Å². The number of rotatable bonds is 13. The van der Waals surface area contributed by atoms with Crippen LogP contribution in [0.1, 0.15) is 38.5 Å². The van der Waals surface area contributed by atoms with E-state index in [1.807, 2.05) is 0 Å². The number of esters is 2. The summed E-state index contributed by atoms with van der Waals surface area (Å²) in [6.45, 7) is -0.940. The number of carbonyl (C=O) groups is 8. The molecular weight excluding hydrogens is 580 g/mol. The topological polar surface area (TPSA) is 272 Å². The van der Waals surface area contributed by atoms with Crippen molar-refractivity contribution >= 4 is 68.7 Å². The van der Waals surface area contributed by atoms with Crippen molar-refractivity contribution in [2.45, 2.75) is 49.0 Å². The van der Waals surface area contributed by atoms with E-state index in [9.17, 15) is 51.0 Å². The highest BCUT2D eigenvalue weighted by Gasteiger charge is 2.48. The Morgan fingerprint density at radius 2 is 1.18 bits per heavy atom. The lowest BCUT2D eigenvalue weighted by atomic mass is 10.3. The smallest absolute Gasteiger partial charge is 0.333 e. The monoisotopic (exact) mass is 600 g/mol. The molecule has 0 bridgehead atoms. The van der Waals surface area contributed by atoms with Gasteiger partial charge in [0.15, 0.2) is 21.6 Å². The van der Waals surface area contributed by atoms with Crippen molar-refractivity contribution in [3.8, 4) is 0 Å². The van der Waals surface area contributed by atoms with Crippen LogP contribution in [0, 0.1) is 0 Å². The van der Waals surface area contributed by atoms with Crippen molar-refractivity contribution in [2.24, 2.45) is 0 Å². The number of imide groups is 2. The third-order valence-corrected chi connectivity index (χ3v) is 6.73. The van der Waals surface area contributed by atoms with Crippen LogP contribution in [0.2, 0.25) is 0 Å². The molecule has 21 heteroatoms. The quantitative estimate of drug-likeness (QED) is 0.0696. The normalized spacial score (nSPS) is 20.2. The van der Waals surface area contributed by atoms with Crippen molar-refractivity contribution in [1.29, 1.82) is 0 Å². The average Bonchev–Trinajstić information content (AvgIpc) is 3.29. The van der Waals surface area contributed by atoms with E-state index < -0.39 is 131 Å². The van der Waals surface area contributed by atoms with Crippen LogP contribution in [-0.2, 0) is 78.7 Å². The molecule has 2 heterocycles. The summed E-state index contributed by atoms with van der Waals surface area (Å²) in [5, 5.41) is -3.76. The molecule has 0 aromatic heterocycles.